The van der Waals surface area contributed by atoms with Crippen LogP contribution in [0.1, 0.15) is 18.1 Å². The van der Waals surface area contributed by atoms with Crippen molar-refractivity contribution in [2.45, 2.75) is 13.8 Å². The van der Waals surface area contributed by atoms with E-state index in [1.165, 1.54) is 0 Å². The Bertz CT molecular complexity index is 290. The molecule has 11 heavy (non-hydrogen) atoms. The molecule has 0 fully saturated rings. The summed E-state index contributed by atoms with van der Waals surface area (Å²) in [5.41, 5.74) is 8.83. The number of nitrogens with two attached hydrogens (primary N) is 1. The molecule has 0 aliphatic heterocycles. The van der Waals surface area contributed by atoms with E-state index >= 15 is 0 Å². The van der Waals surface area contributed by atoms with Crippen molar-refractivity contribution < 1.29 is 0 Å². The summed E-state index contributed by atoms with van der Waals surface area (Å²) in [4.78, 5) is 0. The second-order valence-corrected chi connectivity index (χ2v) is 2.72. The Morgan fingerprint density at radius 2 is 2.09 bits per heavy atom. The topological polar surface area (TPSA) is 49.9 Å². The largest absolute Gasteiger partial charge is 0.398 e. The molecule has 0 saturated heterocycles. The van der Waals surface area contributed by atoms with E-state index in [4.69, 9.17) is 11.1 Å². The zero-order valence-electron chi connectivity index (χ0n) is 6.81. The molecule has 3 N–H and O–H groups in total. The molecule has 0 heterocycles. The van der Waals surface area contributed by atoms with Crippen LogP contribution in [0.25, 0.3) is 0 Å². The van der Waals surface area contributed by atoms with Gasteiger partial charge in [0.25, 0.3) is 0 Å². The predicted octanol–water partition coefficient (Wildman–Crippen LogP) is 1.96. The zero-order chi connectivity index (χ0) is 8.43. The molecular weight excluding hydrogens is 136 g/mol. The fraction of sp³-hybridized carbons (Fsp3) is 0.222. The van der Waals surface area contributed by atoms with Gasteiger partial charge in [-0.25, -0.2) is 0 Å². The molecule has 58 valence electrons. The van der Waals surface area contributed by atoms with Gasteiger partial charge in [-0.15, -0.1) is 0 Å². The third kappa shape index (κ3) is 1.58. The first kappa shape index (κ1) is 7.79. The lowest BCUT2D eigenvalue weighted by Gasteiger charge is -2.03. The van der Waals surface area contributed by atoms with Crippen molar-refractivity contribution in [3.05, 3.63) is 29.3 Å². The van der Waals surface area contributed by atoms with Crippen LogP contribution in [0.2, 0.25) is 0 Å². The van der Waals surface area contributed by atoms with Gasteiger partial charge < -0.3 is 11.1 Å². The summed E-state index contributed by atoms with van der Waals surface area (Å²) < 4.78 is 0. The molecule has 0 atom stereocenters. The maximum Gasteiger partial charge on any atom is 0.0405 e. The lowest BCUT2D eigenvalue weighted by Crippen LogP contribution is -1.99. The Labute approximate surface area is 66.6 Å². The lowest BCUT2D eigenvalue weighted by atomic mass is 10.1. The molecule has 2 heteroatoms. The highest BCUT2D eigenvalue weighted by atomic mass is 14.6. The molecule has 1 aromatic rings. The Kier molecular flexibility index (Phi) is 1.94. The molecule has 0 radical (unpaired) electrons. The van der Waals surface area contributed by atoms with E-state index in [9.17, 15) is 0 Å². The molecule has 1 rings (SSSR count). The number of benzene rings is 1. The Morgan fingerprint density at radius 1 is 1.45 bits per heavy atom. The second-order valence-electron chi connectivity index (χ2n) is 2.72. The van der Waals surface area contributed by atoms with Gasteiger partial charge in [-0.2, -0.15) is 0 Å². The van der Waals surface area contributed by atoms with Crippen LogP contribution in [0.3, 0.4) is 0 Å². The van der Waals surface area contributed by atoms with Crippen LogP contribution in [0, 0.1) is 12.3 Å². The van der Waals surface area contributed by atoms with Gasteiger partial charge in [0, 0.05) is 17.0 Å². The normalized spacial score (nSPS) is 9.64. The minimum Gasteiger partial charge on any atom is -0.398 e. The van der Waals surface area contributed by atoms with Crippen LogP contribution >= 0.6 is 0 Å². The van der Waals surface area contributed by atoms with Gasteiger partial charge in [0.1, 0.15) is 0 Å². The average Bonchev–Trinajstić information content (AvgIpc) is 1.94. The van der Waals surface area contributed by atoms with Crippen LogP contribution in [0.15, 0.2) is 18.2 Å². The van der Waals surface area contributed by atoms with Crippen molar-refractivity contribution in [1.82, 2.24) is 0 Å². The van der Waals surface area contributed by atoms with Gasteiger partial charge in [-0.3, -0.25) is 0 Å². The molecule has 0 amide bonds. The first-order valence-corrected chi connectivity index (χ1v) is 3.53. The maximum absolute atomic E-state index is 7.39. The SMILES string of the molecule is CC(=N)c1cc(C)ccc1N. The van der Waals surface area contributed by atoms with Gasteiger partial charge in [0.15, 0.2) is 0 Å². The third-order valence-corrected chi connectivity index (χ3v) is 1.61. The summed E-state index contributed by atoms with van der Waals surface area (Å²) in [6.45, 7) is 3.73. The highest BCUT2D eigenvalue weighted by molar-refractivity contribution is 6.01. The number of anilines is 1. The van der Waals surface area contributed by atoms with Crippen LogP contribution < -0.4 is 5.73 Å². The van der Waals surface area contributed by atoms with E-state index in [1.807, 2.05) is 25.1 Å². The van der Waals surface area contributed by atoms with Gasteiger partial charge in [0.05, 0.1) is 0 Å². The van der Waals surface area contributed by atoms with Gasteiger partial charge >= 0.3 is 0 Å². The number of rotatable bonds is 1. The van der Waals surface area contributed by atoms with Crippen LogP contribution in [0.5, 0.6) is 0 Å². The number of hydrogen-bond donors (Lipinski definition) is 2. The molecule has 0 aliphatic rings. The molecule has 0 aromatic heterocycles. The zero-order valence-corrected chi connectivity index (χ0v) is 6.81. The average molecular weight is 148 g/mol. The highest BCUT2D eigenvalue weighted by Gasteiger charge is 1.99. The number of nitrogen functional groups attached to an aromatic ring is 1. The minimum absolute atomic E-state index is 0.520. The van der Waals surface area contributed by atoms with E-state index in [2.05, 4.69) is 0 Å². The Morgan fingerprint density at radius 3 is 2.55 bits per heavy atom. The number of nitrogens with one attached hydrogen (secondary N) is 1. The summed E-state index contributed by atoms with van der Waals surface area (Å²) >= 11 is 0. The fourth-order valence-electron chi connectivity index (χ4n) is 0.995. The van der Waals surface area contributed by atoms with Crippen LogP contribution in [-0.2, 0) is 0 Å². The molecule has 0 bridgehead atoms. The van der Waals surface area contributed by atoms with E-state index < -0.39 is 0 Å². The van der Waals surface area contributed by atoms with Gasteiger partial charge in [-0.1, -0.05) is 11.6 Å². The first-order valence-electron chi connectivity index (χ1n) is 3.53. The summed E-state index contributed by atoms with van der Waals surface area (Å²) in [6, 6.07) is 5.71. The Balaban J connectivity index is 3.23. The molecule has 0 spiro atoms. The molecule has 1 aromatic carbocycles. The molecule has 0 saturated carbocycles. The maximum atomic E-state index is 7.39. The highest BCUT2D eigenvalue weighted by Crippen LogP contribution is 2.13. The summed E-state index contributed by atoms with van der Waals surface area (Å²) in [5, 5.41) is 7.39. The predicted molar refractivity (Wildman–Crippen MR) is 48.1 cm³/mol. The minimum atomic E-state index is 0.520. The van der Waals surface area contributed by atoms with Crippen LogP contribution in [0.4, 0.5) is 5.69 Å². The quantitative estimate of drug-likeness (QED) is 0.464. The molecular formula is C9H12N2. The van der Waals surface area contributed by atoms with Crippen molar-refractivity contribution in [3.8, 4) is 0 Å². The van der Waals surface area contributed by atoms with Crippen molar-refractivity contribution in [3.63, 3.8) is 0 Å². The standard InChI is InChI=1S/C9H12N2/c1-6-3-4-9(11)8(5-6)7(2)10/h3-5,10H,11H2,1-2H3. The monoisotopic (exact) mass is 148 g/mol. The van der Waals surface area contributed by atoms with E-state index in [1.54, 1.807) is 6.92 Å². The van der Waals surface area contributed by atoms with E-state index in [-0.39, 0.29) is 0 Å². The van der Waals surface area contributed by atoms with Crippen molar-refractivity contribution in [1.29, 1.82) is 5.41 Å². The van der Waals surface area contributed by atoms with E-state index in [0.717, 1.165) is 11.1 Å². The Hall–Kier alpha value is -1.31. The number of aryl methyl sites for hydroxylation is 1. The fourth-order valence-corrected chi connectivity index (χ4v) is 0.995. The molecule has 0 unspecified atom stereocenters. The summed E-state index contributed by atoms with van der Waals surface area (Å²) in [5.74, 6) is 0. The van der Waals surface area contributed by atoms with Crippen LogP contribution in [-0.4, -0.2) is 5.71 Å². The van der Waals surface area contributed by atoms with Crippen molar-refractivity contribution in [2.75, 3.05) is 5.73 Å². The summed E-state index contributed by atoms with van der Waals surface area (Å²) in [7, 11) is 0. The van der Waals surface area contributed by atoms with E-state index in [0.29, 0.717) is 11.4 Å². The van der Waals surface area contributed by atoms with Gasteiger partial charge in [0.2, 0.25) is 0 Å². The number of hydrogen-bond acceptors (Lipinski definition) is 2. The summed E-state index contributed by atoms with van der Waals surface area (Å²) in [6.07, 6.45) is 0. The van der Waals surface area contributed by atoms with Crippen molar-refractivity contribution >= 4 is 11.4 Å². The van der Waals surface area contributed by atoms with Gasteiger partial charge in [-0.05, 0) is 26.0 Å². The molecule has 2 nitrogen and oxygen atoms in total. The lowest BCUT2D eigenvalue weighted by molar-refractivity contribution is 1.41. The first-order chi connectivity index (χ1) is 5.11. The third-order valence-electron chi connectivity index (χ3n) is 1.61. The smallest absolute Gasteiger partial charge is 0.0405 e. The second kappa shape index (κ2) is 2.74. The molecule has 0 aliphatic carbocycles. The van der Waals surface area contributed by atoms with Crippen molar-refractivity contribution in [2.24, 2.45) is 0 Å².